The van der Waals surface area contributed by atoms with Gasteiger partial charge < -0.3 is 0 Å². The van der Waals surface area contributed by atoms with Crippen LogP contribution in [0.4, 0.5) is 25.2 Å². The average Bonchev–Trinajstić information content (AvgIpc) is 3.71. The van der Waals surface area contributed by atoms with Crippen molar-refractivity contribution in [1.82, 2.24) is 33.6 Å². The third-order valence-corrected chi connectivity index (χ3v) is 11.0. The number of benzene rings is 1. The molecule has 4 fully saturated rings. The molecule has 2 aromatic rings. The van der Waals surface area contributed by atoms with E-state index >= 15 is 0 Å². The molecule has 41 heavy (non-hydrogen) atoms. The molecule has 232 valence electrons. The normalized spacial score (nSPS) is 22.8. The van der Waals surface area contributed by atoms with Crippen LogP contribution in [0.3, 0.4) is 0 Å². The summed E-state index contributed by atoms with van der Waals surface area (Å²) in [4.78, 5) is 22.4. The molecule has 0 N–H and O–H groups in total. The molecule has 0 spiro atoms. The minimum Gasteiger partial charge on any atom is -0.273 e. The summed E-state index contributed by atoms with van der Waals surface area (Å²) in [5.74, 6) is -0.590. The van der Waals surface area contributed by atoms with E-state index in [0.29, 0.717) is 4.42 Å². The third-order valence-electron chi connectivity index (χ3n) is 6.85. The van der Waals surface area contributed by atoms with Crippen molar-refractivity contribution in [2.24, 2.45) is 0 Å². The Hall–Kier alpha value is -1.83. The van der Waals surface area contributed by atoms with E-state index in [0.717, 1.165) is 50.3 Å². The Morgan fingerprint density at radius 3 is 1.49 bits per heavy atom. The van der Waals surface area contributed by atoms with Crippen LogP contribution in [0.15, 0.2) is 24.3 Å². The number of imide groups is 1. The first-order valence-electron chi connectivity index (χ1n) is 13.3. The number of amides is 2. The van der Waals surface area contributed by atoms with Crippen LogP contribution in [0.25, 0.3) is 11.0 Å². The monoisotopic (exact) mass is 653 g/mol. The van der Waals surface area contributed by atoms with Gasteiger partial charge in [0.1, 0.15) is 11.0 Å². The molecule has 4 saturated heterocycles. The number of rotatable bonds is 5. The summed E-state index contributed by atoms with van der Waals surface area (Å²) in [5, 5.41) is 8.72. The molecular weight excluding hydrogens is 622 g/mol. The summed E-state index contributed by atoms with van der Waals surface area (Å²) in [6.07, 6.45) is 8.14. The van der Waals surface area contributed by atoms with E-state index in [1.54, 1.807) is 4.85 Å². The van der Waals surface area contributed by atoms with E-state index in [9.17, 15) is 34.8 Å². The van der Waals surface area contributed by atoms with Crippen LogP contribution in [-0.4, -0.2) is 84.7 Å². The molecule has 4 aliphatic rings. The predicted molar refractivity (Wildman–Crippen MR) is 144 cm³/mol. The molecule has 19 heteroatoms. The molecular formula is C22H32ClF6N7O3P2. The van der Waals surface area contributed by atoms with Crippen molar-refractivity contribution in [3.63, 3.8) is 0 Å². The van der Waals surface area contributed by atoms with E-state index < -0.39 is 15.8 Å². The third kappa shape index (κ3) is 8.84. The van der Waals surface area contributed by atoms with Gasteiger partial charge >= 0.3 is 40.9 Å². The van der Waals surface area contributed by atoms with Crippen molar-refractivity contribution in [3.8, 4) is 0 Å². The predicted octanol–water partition coefficient (Wildman–Crippen LogP) is 6.50. The van der Waals surface area contributed by atoms with E-state index in [2.05, 4.69) is 30.4 Å². The van der Waals surface area contributed by atoms with Gasteiger partial charge in [0.15, 0.2) is 0 Å². The van der Waals surface area contributed by atoms with Gasteiger partial charge in [-0.1, -0.05) is 12.1 Å². The maximum atomic E-state index is 10.4. The first kappa shape index (κ1) is 32.1. The smallest absolute Gasteiger partial charge is 0.273 e. The molecule has 5 heterocycles. The zero-order chi connectivity index (χ0) is 30.0. The second kappa shape index (κ2) is 11.7. The van der Waals surface area contributed by atoms with Gasteiger partial charge in [-0.2, -0.15) is 9.04 Å². The Morgan fingerprint density at radius 2 is 1.12 bits per heavy atom. The van der Waals surface area contributed by atoms with Gasteiger partial charge in [-0.25, -0.2) is 0 Å². The van der Waals surface area contributed by atoms with Gasteiger partial charge in [0, 0.05) is 63.9 Å². The molecule has 1 aromatic carbocycles. The maximum absolute atomic E-state index is 10.7. The van der Waals surface area contributed by atoms with Crippen LogP contribution in [0.1, 0.15) is 51.4 Å². The quantitative estimate of drug-likeness (QED) is 0.157. The van der Waals surface area contributed by atoms with Crippen molar-refractivity contribution in [3.05, 3.63) is 24.3 Å². The zero-order valence-corrected chi connectivity index (χ0v) is 24.6. The van der Waals surface area contributed by atoms with Crippen LogP contribution in [0.2, 0.25) is 0 Å². The summed E-state index contributed by atoms with van der Waals surface area (Å²) in [7, 11) is -12.7. The molecule has 0 radical (unpaired) electrons. The number of fused-ring (bicyclic) bond motifs is 1. The number of hydrogen-bond donors (Lipinski definition) is 0. The van der Waals surface area contributed by atoms with Gasteiger partial charge in [-0.05, 0) is 60.7 Å². The molecule has 10 nitrogen and oxygen atoms in total. The zero-order valence-electron chi connectivity index (χ0n) is 22.1. The van der Waals surface area contributed by atoms with Crippen molar-refractivity contribution >= 4 is 50.4 Å². The molecule has 0 bridgehead atoms. The first-order valence-corrected chi connectivity index (χ1v) is 17.2. The van der Waals surface area contributed by atoms with Crippen LogP contribution < -0.4 is 4.62 Å². The number of carbonyl (C=O) groups excluding carboxylic acids is 2. The first-order chi connectivity index (χ1) is 19.0. The molecule has 0 atom stereocenters. The minimum absolute atomic E-state index is 0.266. The standard InChI is InChI=1S/C18H28N6OP.C4H4ClNO2.F6P/c1-2-10-18-17(9-1)19-20-24(18)25-26(21-11-3-4-12-21,22-13-5-6-14-22)23-15-7-8-16-23;5-6-3(7)1-2-4(6)8;1-7(2,3,4,5)6/h1-2,9-10H,3-8,11-16H2;1-2H2;/q+1;;-1. The number of hydrogen-bond acceptors (Lipinski definition) is 8. The van der Waals surface area contributed by atoms with Crippen molar-refractivity contribution in [2.75, 3.05) is 39.3 Å². The van der Waals surface area contributed by atoms with Crippen molar-refractivity contribution < 1.29 is 39.4 Å². The van der Waals surface area contributed by atoms with Crippen LogP contribution in [0, 0.1) is 0 Å². The van der Waals surface area contributed by atoms with E-state index in [4.69, 9.17) is 16.4 Å². The van der Waals surface area contributed by atoms with E-state index in [1.165, 1.54) is 38.5 Å². The summed E-state index contributed by atoms with van der Waals surface area (Å²) in [6, 6.07) is 8.10. The molecule has 0 unspecified atom stereocenters. The van der Waals surface area contributed by atoms with Gasteiger partial charge in [-0.15, -0.1) is 19.1 Å². The molecule has 6 rings (SSSR count). The summed E-state index contributed by atoms with van der Waals surface area (Å²) >= 11 is 5.15. The molecule has 4 aliphatic heterocycles. The minimum atomic E-state index is -10.7. The fourth-order valence-corrected chi connectivity index (χ4v) is 9.43. The Morgan fingerprint density at radius 1 is 0.732 bits per heavy atom. The van der Waals surface area contributed by atoms with Crippen molar-refractivity contribution in [1.29, 1.82) is 0 Å². The summed E-state index contributed by atoms with van der Waals surface area (Å²) in [5.41, 5.74) is 1.87. The molecule has 0 saturated carbocycles. The van der Waals surface area contributed by atoms with Crippen molar-refractivity contribution in [2.45, 2.75) is 51.4 Å². The van der Waals surface area contributed by atoms with E-state index in [-0.39, 0.29) is 24.7 Å². The number of carbonyl (C=O) groups is 2. The fourth-order valence-electron chi connectivity index (χ4n) is 5.14. The van der Waals surface area contributed by atoms with Crippen LogP contribution in [0.5, 0.6) is 0 Å². The van der Waals surface area contributed by atoms with Gasteiger partial charge in [-0.3, -0.25) is 9.59 Å². The summed E-state index contributed by atoms with van der Waals surface area (Å²) < 4.78 is 74.7. The van der Waals surface area contributed by atoms with Gasteiger partial charge in [0.05, 0.1) is 0 Å². The molecule has 1 aromatic heterocycles. The Labute approximate surface area is 238 Å². The molecule has 2 amide bonds. The largest absolute Gasteiger partial charge is 0.451 e. The number of para-hydroxylation sites is 1. The SMILES string of the molecule is F[P-](F)(F)(F)(F)F.O=C1CCC(=O)N1Cl.c1ccc2c(c1)nnn2O[P+](N1CCCC1)(N1CCCC1)N1CCCC1. The average molecular weight is 654 g/mol. The van der Waals surface area contributed by atoms with Crippen LogP contribution >= 0.6 is 27.5 Å². The van der Waals surface area contributed by atoms with E-state index in [1.807, 2.05) is 18.2 Å². The van der Waals surface area contributed by atoms with Gasteiger partial charge in [0.2, 0.25) is 11.8 Å². The Kier molecular flexibility index (Phi) is 9.15. The maximum Gasteiger partial charge on any atom is 0.451 e. The van der Waals surface area contributed by atoms with Crippen LogP contribution in [-0.2, 0) is 9.59 Å². The number of halogens is 7. The fraction of sp³-hybridized carbons (Fsp3) is 0.636. The molecule has 0 aliphatic carbocycles. The summed E-state index contributed by atoms with van der Waals surface area (Å²) in [6.45, 7) is 6.79. The number of nitrogens with zero attached hydrogens (tertiary/aromatic N) is 7. The van der Waals surface area contributed by atoms with Gasteiger partial charge in [0.25, 0.3) is 0 Å². The second-order valence-electron chi connectivity index (χ2n) is 10.1. The Balaban J connectivity index is 0.000000213. The topological polar surface area (TPSA) is 87.0 Å². The Bertz CT molecular complexity index is 1170. The number of aromatic nitrogens is 3. The second-order valence-corrected chi connectivity index (χ2v) is 15.2.